The van der Waals surface area contributed by atoms with Crippen LogP contribution in [0.25, 0.3) is 11.4 Å². The van der Waals surface area contributed by atoms with Crippen LogP contribution in [0, 0.1) is 0 Å². The van der Waals surface area contributed by atoms with Gasteiger partial charge < -0.3 is 5.32 Å². The summed E-state index contributed by atoms with van der Waals surface area (Å²) in [5.41, 5.74) is 2.17. The molecular formula is C16H17N5. The highest BCUT2D eigenvalue weighted by Crippen LogP contribution is 2.17. The van der Waals surface area contributed by atoms with Gasteiger partial charge in [0, 0.05) is 24.7 Å². The van der Waals surface area contributed by atoms with Gasteiger partial charge in [-0.15, -0.1) is 0 Å². The lowest BCUT2D eigenvalue weighted by molar-refractivity contribution is 0.973. The predicted molar refractivity (Wildman–Crippen MR) is 83.0 cm³/mol. The molecule has 106 valence electrons. The molecule has 5 nitrogen and oxygen atoms in total. The summed E-state index contributed by atoms with van der Waals surface area (Å²) < 4.78 is 0. The summed E-state index contributed by atoms with van der Waals surface area (Å²) in [7, 11) is 0. The van der Waals surface area contributed by atoms with Crippen LogP contribution in [0.3, 0.4) is 0 Å². The van der Waals surface area contributed by atoms with E-state index in [1.807, 2.05) is 37.3 Å². The van der Waals surface area contributed by atoms with Crippen molar-refractivity contribution in [2.24, 2.45) is 0 Å². The van der Waals surface area contributed by atoms with Crippen molar-refractivity contribution in [1.82, 2.24) is 20.2 Å². The molecule has 3 aromatic rings. The summed E-state index contributed by atoms with van der Waals surface area (Å²) in [4.78, 5) is 8.81. The topological polar surface area (TPSA) is 66.5 Å². The number of hydrogen-bond acceptors (Lipinski definition) is 4. The van der Waals surface area contributed by atoms with Crippen LogP contribution in [0.5, 0.6) is 0 Å². The second-order valence-electron chi connectivity index (χ2n) is 4.73. The van der Waals surface area contributed by atoms with Crippen LogP contribution in [0.1, 0.15) is 18.3 Å². The fourth-order valence-corrected chi connectivity index (χ4v) is 2.14. The number of benzene rings is 1. The molecule has 0 spiro atoms. The minimum Gasteiger partial charge on any atom is -0.370 e. The van der Waals surface area contributed by atoms with Crippen molar-refractivity contribution in [2.45, 2.75) is 13.3 Å². The first-order valence-corrected chi connectivity index (χ1v) is 7.00. The number of rotatable bonds is 5. The maximum atomic E-state index is 4.55. The summed E-state index contributed by atoms with van der Waals surface area (Å²) in [6, 6.07) is 14.1. The van der Waals surface area contributed by atoms with E-state index in [-0.39, 0.29) is 0 Å². The third kappa shape index (κ3) is 3.25. The van der Waals surface area contributed by atoms with E-state index in [1.54, 1.807) is 6.20 Å². The maximum Gasteiger partial charge on any atom is 0.181 e. The highest BCUT2D eigenvalue weighted by atomic mass is 15.2. The summed E-state index contributed by atoms with van der Waals surface area (Å²) >= 11 is 0. The number of nitrogens with one attached hydrogen (secondary N) is 2. The Hall–Kier alpha value is -2.69. The summed E-state index contributed by atoms with van der Waals surface area (Å²) in [6.07, 6.45) is 2.51. The average Bonchev–Trinajstić information content (AvgIpc) is 2.97. The number of anilines is 1. The number of hydrogen-bond donors (Lipinski definition) is 2. The molecule has 2 N–H and O–H groups in total. The fraction of sp³-hybridized carbons (Fsp3) is 0.188. The third-order valence-electron chi connectivity index (χ3n) is 3.12. The minimum absolute atomic E-state index is 0.697. The zero-order valence-corrected chi connectivity index (χ0v) is 11.9. The van der Waals surface area contributed by atoms with E-state index in [1.165, 1.54) is 5.56 Å². The van der Waals surface area contributed by atoms with E-state index in [4.69, 9.17) is 0 Å². The van der Waals surface area contributed by atoms with Crippen molar-refractivity contribution < 1.29 is 0 Å². The van der Waals surface area contributed by atoms with Crippen LogP contribution in [0.2, 0.25) is 0 Å². The Morgan fingerprint density at radius 1 is 1.14 bits per heavy atom. The predicted octanol–water partition coefficient (Wildman–Crippen LogP) is 2.89. The van der Waals surface area contributed by atoms with Gasteiger partial charge >= 0.3 is 0 Å². The van der Waals surface area contributed by atoms with Crippen LogP contribution in [-0.2, 0) is 6.42 Å². The summed E-state index contributed by atoms with van der Waals surface area (Å²) in [6.45, 7) is 2.88. The molecule has 2 heterocycles. The smallest absolute Gasteiger partial charge is 0.181 e. The monoisotopic (exact) mass is 279 g/mol. The Bertz CT molecular complexity index is 705. The van der Waals surface area contributed by atoms with Gasteiger partial charge in [-0.25, -0.2) is 9.97 Å². The molecule has 0 saturated carbocycles. The molecule has 21 heavy (non-hydrogen) atoms. The number of aromatic nitrogens is 4. The first-order chi connectivity index (χ1) is 10.3. The van der Waals surface area contributed by atoms with Crippen molar-refractivity contribution in [1.29, 1.82) is 0 Å². The van der Waals surface area contributed by atoms with E-state index in [2.05, 4.69) is 37.6 Å². The largest absolute Gasteiger partial charge is 0.370 e. The van der Waals surface area contributed by atoms with Gasteiger partial charge in [-0.3, -0.25) is 5.10 Å². The third-order valence-corrected chi connectivity index (χ3v) is 3.12. The lowest BCUT2D eigenvalue weighted by Crippen LogP contribution is -1.98. The Kier molecular flexibility index (Phi) is 3.91. The molecule has 5 heteroatoms. The van der Waals surface area contributed by atoms with Gasteiger partial charge in [0.25, 0.3) is 0 Å². The molecule has 0 aliphatic heterocycles. The molecule has 0 unspecified atom stereocenters. The highest BCUT2D eigenvalue weighted by Gasteiger charge is 2.07. The van der Waals surface area contributed by atoms with Gasteiger partial charge in [-0.1, -0.05) is 30.3 Å². The molecule has 1 aromatic carbocycles. The van der Waals surface area contributed by atoms with Gasteiger partial charge in [0.05, 0.1) is 0 Å². The number of aromatic amines is 1. The molecular weight excluding hydrogens is 262 g/mol. The average molecular weight is 279 g/mol. The second-order valence-corrected chi connectivity index (χ2v) is 4.73. The molecule has 0 bridgehead atoms. The zero-order chi connectivity index (χ0) is 14.5. The first-order valence-electron chi connectivity index (χ1n) is 7.00. The second kappa shape index (κ2) is 6.17. The van der Waals surface area contributed by atoms with Crippen molar-refractivity contribution in [2.75, 3.05) is 11.9 Å². The quantitative estimate of drug-likeness (QED) is 0.753. The van der Waals surface area contributed by atoms with Crippen molar-refractivity contribution in [3.05, 3.63) is 60.0 Å². The van der Waals surface area contributed by atoms with E-state index < -0.39 is 0 Å². The van der Waals surface area contributed by atoms with Gasteiger partial charge in [0.15, 0.2) is 5.82 Å². The van der Waals surface area contributed by atoms with E-state index in [0.29, 0.717) is 5.82 Å². The standard InChI is InChI=1S/C16H17N5/c1-2-17-14-11-13(8-9-18-14)16-19-15(20-21-16)10-12-6-4-3-5-7-12/h3-9,11H,2,10H2,1H3,(H,17,18)(H,19,20,21). The Morgan fingerprint density at radius 2 is 2.00 bits per heavy atom. The first kappa shape index (κ1) is 13.3. The molecule has 2 aromatic heterocycles. The van der Waals surface area contributed by atoms with Crippen LogP contribution in [0.15, 0.2) is 48.7 Å². The zero-order valence-electron chi connectivity index (χ0n) is 11.9. The Labute approximate surface area is 123 Å². The maximum absolute atomic E-state index is 4.55. The van der Waals surface area contributed by atoms with Crippen molar-refractivity contribution in [3.63, 3.8) is 0 Å². The van der Waals surface area contributed by atoms with Gasteiger partial charge in [0.1, 0.15) is 11.6 Å². The number of H-pyrrole nitrogens is 1. The van der Waals surface area contributed by atoms with Gasteiger partial charge in [-0.2, -0.15) is 5.10 Å². The lowest BCUT2D eigenvalue weighted by atomic mass is 10.1. The molecule has 0 saturated heterocycles. The van der Waals surface area contributed by atoms with E-state index >= 15 is 0 Å². The Balaban J connectivity index is 1.80. The molecule has 0 aliphatic carbocycles. The SMILES string of the molecule is CCNc1cc(-c2n[nH]c(Cc3ccccc3)n2)ccn1. The van der Waals surface area contributed by atoms with E-state index in [0.717, 1.165) is 30.2 Å². The van der Waals surface area contributed by atoms with Crippen molar-refractivity contribution >= 4 is 5.82 Å². The molecule has 0 aliphatic rings. The molecule has 0 fully saturated rings. The van der Waals surface area contributed by atoms with Gasteiger partial charge in [-0.05, 0) is 24.6 Å². The highest BCUT2D eigenvalue weighted by molar-refractivity contribution is 5.59. The lowest BCUT2D eigenvalue weighted by Gasteiger charge is -2.02. The van der Waals surface area contributed by atoms with Gasteiger partial charge in [0.2, 0.25) is 0 Å². The van der Waals surface area contributed by atoms with Crippen LogP contribution in [0.4, 0.5) is 5.82 Å². The number of nitrogens with zero attached hydrogens (tertiary/aromatic N) is 3. The van der Waals surface area contributed by atoms with Crippen LogP contribution in [-0.4, -0.2) is 26.7 Å². The normalized spacial score (nSPS) is 10.5. The minimum atomic E-state index is 0.697. The molecule has 0 atom stereocenters. The van der Waals surface area contributed by atoms with Crippen LogP contribution >= 0.6 is 0 Å². The number of pyridine rings is 1. The summed E-state index contributed by atoms with van der Waals surface area (Å²) in [5, 5.41) is 10.5. The summed E-state index contributed by atoms with van der Waals surface area (Å²) in [5.74, 6) is 2.39. The van der Waals surface area contributed by atoms with E-state index in [9.17, 15) is 0 Å². The molecule has 3 rings (SSSR count). The molecule has 0 radical (unpaired) electrons. The van der Waals surface area contributed by atoms with Crippen LogP contribution < -0.4 is 5.32 Å². The van der Waals surface area contributed by atoms with Crippen molar-refractivity contribution in [3.8, 4) is 11.4 Å². The fourth-order valence-electron chi connectivity index (χ4n) is 2.14. The Morgan fingerprint density at radius 3 is 2.81 bits per heavy atom. The molecule has 0 amide bonds.